The Morgan fingerprint density at radius 2 is 1.36 bits per heavy atom. The van der Waals surface area contributed by atoms with Gasteiger partial charge in [-0.2, -0.15) is 0 Å². The van der Waals surface area contributed by atoms with Crippen LogP contribution in [0.15, 0.2) is 109 Å². The Hall–Kier alpha value is -5.43. The lowest BCUT2D eigenvalue weighted by molar-refractivity contribution is -0.145. The molecule has 0 spiro atoms. The fourth-order valence-corrected chi connectivity index (χ4v) is 9.23. The van der Waals surface area contributed by atoms with Crippen molar-refractivity contribution in [1.82, 2.24) is 19.6 Å². The van der Waals surface area contributed by atoms with Crippen LogP contribution in [0.2, 0.25) is 18.1 Å². The Labute approximate surface area is 396 Å². The number of hydrogen-bond acceptors (Lipinski definition) is 8. The average molecular weight is 915 g/mol. The minimum absolute atomic E-state index is 0.0393. The Morgan fingerprint density at radius 1 is 0.742 bits per heavy atom. The van der Waals surface area contributed by atoms with Crippen LogP contribution >= 0.6 is 0 Å². The van der Waals surface area contributed by atoms with Crippen LogP contribution in [-0.2, 0) is 38.3 Å². The molecule has 4 aromatic carbocycles. The highest BCUT2D eigenvalue weighted by Gasteiger charge is 2.37. The first-order valence-corrected chi connectivity index (χ1v) is 26.8. The van der Waals surface area contributed by atoms with Crippen LogP contribution in [0.5, 0.6) is 5.75 Å². The van der Waals surface area contributed by atoms with E-state index >= 15 is 0 Å². The molecule has 0 aromatic heterocycles. The third-order valence-electron chi connectivity index (χ3n) is 13.5. The van der Waals surface area contributed by atoms with E-state index in [4.69, 9.17) is 9.16 Å². The average Bonchev–Trinajstić information content (AvgIpc) is 3.32. The van der Waals surface area contributed by atoms with Crippen molar-refractivity contribution in [2.24, 2.45) is 0 Å². The lowest BCUT2D eigenvalue weighted by atomic mass is 10.0. The molecule has 2 aliphatic rings. The molecule has 0 unspecified atom stereocenters. The fourth-order valence-electron chi connectivity index (χ4n) is 8.19. The highest BCUT2D eigenvalue weighted by Crippen LogP contribution is 2.36. The Morgan fingerprint density at radius 3 is 1.97 bits per heavy atom. The number of rotatable bonds is 19. The van der Waals surface area contributed by atoms with Crippen molar-refractivity contribution in [1.29, 1.82) is 0 Å². The van der Waals surface area contributed by atoms with Gasteiger partial charge in [0.2, 0.25) is 17.7 Å². The van der Waals surface area contributed by atoms with Gasteiger partial charge in [0, 0.05) is 110 Å². The van der Waals surface area contributed by atoms with E-state index in [9.17, 15) is 14.4 Å². The van der Waals surface area contributed by atoms with Crippen molar-refractivity contribution in [2.45, 2.75) is 84.7 Å². The number of carbonyl (C=O) groups excluding carboxylic acids is 3. The molecule has 12 heteroatoms. The molecule has 2 fully saturated rings. The lowest BCUT2D eigenvalue weighted by Gasteiger charge is -2.39. The van der Waals surface area contributed by atoms with Crippen molar-refractivity contribution in [3.63, 3.8) is 0 Å². The van der Waals surface area contributed by atoms with Crippen LogP contribution in [0.4, 0.5) is 11.4 Å². The fraction of sp³-hybridized carbons (Fsp3) is 0.463. The summed E-state index contributed by atoms with van der Waals surface area (Å²) in [4.78, 5) is 54.0. The molecule has 4 aromatic rings. The molecular formula is C54H74N6O5Si. The number of nitrogens with zero attached hydrogens (tertiary/aromatic N) is 6. The van der Waals surface area contributed by atoms with E-state index < -0.39 is 14.4 Å². The van der Waals surface area contributed by atoms with Crippen molar-refractivity contribution in [2.75, 3.05) is 89.0 Å². The Balaban J connectivity index is 1.15. The second-order valence-corrected chi connectivity index (χ2v) is 24.2. The molecule has 66 heavy (non-hydrogen) atoms. The summed E-state index contributed by atoms with van der Waals surface area (Å²) in [6.07, 6.45) is 4.73. The molecule has 6 rings (SSSR count). The largest absolute Gasteiger partial charge is 0.494 e. The summed E-state index contributed by atoms with van der Waals surface area (Å²) in [7, 11) is 0.331. The first kappa shape index (κ1) is 50.0. The van der Waals surface area contributed by atoms with Gasteiger partial charge < -0.3 is 33.7 Å². The van der Waals surface area contributed by atoms with Gasteiger partial charge in [-0.15, -0.1) is 0 Å². The number of ether oxygens (including phenoxy) is 1. The van der Waals surface area contributed by atoms with Crippen LogP contribution in [0.1, 0.15) is 63.3 Å². The molecule has 0 radical (unpaired) electrons. The van der Waals surface area contributed by atoms with Crippen molar-refractivity contribution >= 4 is 43.5 Å². The van der Waals surface area contributed by atoms with Gasteiger partial charge in [0.15, 0.2) is 8.32 Å². The van der Waals surface area contributed by atoms with Crippen molar-refractivity contribution in [3.05, 3.63) is 131 Å². The van der Waals surface area contributed by atoms with Gasteiger partial charge in [-0.3, -0.25) is 19.3 Å². The van der Waals surface area contributed by atoms with E-state index in [1.54, 1.807) is 17.9 Å². The van der Waals surface area contributed by atoms with E-state index in [-0.39, 0.29) is 29.3 Å². The summed E-state index contributed by atoms with van der Waals surface area (Å²) in [5.41, 5.74) is 6.29. The molecule has 0 aliphatic carbocycles. The van der Waals surface area contributed by atoms with Gasteiger partial charge >= 0.3 is 0 Å². The predicted molar refractivity (Wildman–Crippen MR) is 271 cm³/mol. The van der Waals surface area contributed by atoms with Crippen LogP contribution in [0.25, 0.3) is 6.08 Å². The molecule has 11 nitrogen and oxygen atoms in total. The summed E-state index contributed by atoms with van der Waals surface area (Å²) < 4.78 is 12.2. The third-order valence-corrected chi connectivity index (χ3v) is 18.1. The van der Waals surface area contributed by atoms with Gasteiger partial charge in [0.05, 0.1) is 13.2 Å². The molecular weight excluding hydrogens is 841 g/mol. The standard InChI is InChI=1S/C54H74N6O5Si/c1-9-38-64-50-26-19-44(20-27-50)21-28-52(62)60(42-47-17-24-49(25-18-47)58-35-33-57(34-36-58)43(2)61)51(40-45-13-11-10-12-14-45)53(63)59-31-29-56(30-32-59)41-46-15-22-48(23-16-46)55(6)37-39-65-66(7,8)54(3,4)5/h10-28,51H,9,29-42H2,1-8H3/t51-/m0/s1. The van der Waals surface area contributed by atoms with Crippen LogP contribution in [-0.4, -0.2) is 131 Å². The maximum absolute atomic E-state index is 14.9. The van der Waals surface area contributed by atoms with E-state index in [1.165, 1.54) is 11.3 Å². The molecule has 0 N–H and O–H groups in total. The summed E-state index contributed by atoms with van der Waals surface area (Å²) in [6, 6.07) is 34.1. The first-order valence-electron chi connectivity index (χ1n) is 23.9. The third kappa shape index (κ3) is 14.0. The predicted octanol–water partition coefficient (Wildman–Crippen LogP) is 8.60. The zero-order valence-electron chi connectivity index (χ0n) is 40.9. The zero-order chi connectivity index (χ0) is 47.3. The monoisotopic (exact) mass is 915 g/mol. The summed E-state index contributed by atoms with van der Waals surface area (Å²) in [6.45, 7) is 23.9. The quantitative estimate of drug-likeness (QED) is 0.0684. The van der Waals surface area contributed by atoms with E-state index in [0.29, 0.717) is 45.8 Å². The number of likely N-dealkylation sites (N-methyl/N-ethyl adjacent to an activating group) is 1. The molecule has 1 atom stereocenters. The molecule has 354 valence electrons. The lowest BCUT2D eigenvalue weighted by Crippen LogP contribution is -2.56. The number of anilines is 2. The summed E-state index contributed by atoms with van der Waals surface area (Å²) >= 11 is 0. The van der Waals surface area contributed by atoms with Crippen molar-refractivity contribution in [3.8, 4) is 5.75 Å². The van der Waals surface area contributed by atoms with Crippen molar-refractivity contribution < 1.29 is 23.5 Å². The maximum Gasteiger partial charge on any atom is 0.247 e. The minimum atomic E-state index is -1.79. The SMILES string of the molecule is CCCOc1ccc(C=CC(=O)N(Cc2ccc(N3CCN(C(C)=O)CC3)cc2)[C@@H](Cc2ccccc2)C(=O)N2CCN(Cc3ccc(N(C)CCO[Si](C)(C)C(C)(C)C)cc3)CC2)cc1. The van der Waals surface area contributed by atoms with E-state index in [2.05, 4.69) is 111 Å². The number of amides is 3. The van der Waals surface area contributed by atoms with Crippen LogP contribution < -0.4 is 14.5 Å². The number of piperazine rings is 2. The van der Waals surface area contributed by atoms with Gasteiger partial charge in [-0.25, -0.2) is 0 Å². The Kier molecular flexibility index (Phi) is 17.7. The number of carbonyl (C=O) groups is 3. The molecule has 2 saturated heterocycles. The molecule has 0 bridgehead atoms. The van der Waals surface area contributed by atoms with E-state index in [0.717, 1.165) is 73.8 Å². The second kappa shape index (κ2) is 23.3. The molecule has 3 amide bonds. The van der Waals surface area contributed by atoms with Gasteiger partial charge in [-0.1, -0.05) is 94.4 Å². The number of benzene rings is 4. The molecule has 0 saturated carbocycles. The summed E-state index contributed by atoms with van der Waals surface area (Å²) in [5, 5.41) is 0.190. The van der Waals surface area contributed by atoms with Gasteiger partial charge in [-0.05, 0) is 89.3 Å². The van der Waals surface area contributed by atoms with Gasteiger partial charge in [0.1, 0.15) is 11.8 Å². The highest BCUT2D eigenvalue weighted by molar-refractivity contribution is 6.74. The minimum Gasteiger partial charge on any atom is -0.494 e. The van der Waals surface area contributed by atoms with E-state index in [1.807, 2.05) is 70.5 Å². The first-order chi connectivity index (χ1) is 31.6. The number of hydrogen-bond donors (Lipinski definition) is 0. The summed E-state index contributed by atoms with van der Waals surface area (Å²) in [5.74, 6) is 0.630. The smallest absolute Gasteiger partial charge is 0.247 e. The Bertz CT molecular complexity index is 2180. The molecule has 2 aliphatic heterocycles. The maximum atomic E-state index is 14.9. The topological polar surface area (TPSA) is 89.1 Å². The normalized spacial score (nSPS) is 15.5. The second-order valence-electron chi connectivity index (χ2n) is 19.4. The zero-order valence-corrected chi connectivity index (χ0v) is 41.9. The van der Waals surface area contributed by atoms with Crippen LogP contribution in [0.3, 0.4) is 0 Å². The molecule has 2 heterocycles. The van der Waals surface area contributed by atoms with Crippen LogP contribution in [0, 0.1) is 0 Å². The van der Waals surface area contributed by atoms with Gasteiger partial charge in [0.25, 0.3) is 0 Å². The highest BCUT2D eigenvalue weighted by atomic mass is 28.4.